The maximum Gasteiger partial charge on any atom is 0.259 e. The minimum absolute atomic E-state index is 0. The molecule has 1 aromatic carbocycles. The van der Waals surface area contributed by atoms with Crippen LogP contribution in [0.2, 0.25) is 0 Å². The summed E-state index contributed by atoms with van der Waals surface area (Å²) in [4.78, 5) is 34.1. The van der Waals surface area contributed by atoms with Crippen molar-refractivity contribution in [3.63, 3.8) is 0 Å². The highest BCUT2D eigenvalue weighted by Crippen LogP contribution is 2.30. The van der Waals surface area contributed by atoms with Gasteiger partial charge in [0.15, 0.2) is 0 Å². The molecule has 190 valence electrons. The second kappa shape index (κ2) is 10.3. The molecule has 2 fully saturated rings. The first-order chi connectivity index (χ1) is 16.4. The molecule has 0 unspecified atom stereocenters. The van der Waals surface area contributed by atoms with Crippen LogP contribution < -0.4 is 5.56 Å². The summed E-state index contributed by atoms with van der Waals surface area (Å²) in [6.45, 7) is 12.5. The van der Waals surface area contributed by atoms with Gasteiger partial charge >= 0.3 is 0 Å². The fourth-order valence-electron chi connectivity index (χ4n) is 5.67. The van der Waals surface area contributed by atoms with Crippen LogP contribution in [0.3, 0.4) is 0 Å². The number of fused-ring (bicyclic) bond motifs is 3. The first-order valence-electron chi connectivity index (χ1n) is 12.6. The molecule has 2 saturated heterocycles. The number of aromatic nitrogens is 3. The number of nitrogens with one attached hydrogen (secondary N) is 1. The number of aryl methyl sites for hydroxylation is 1. The summed E-state index contributed by atoms with van der Waals surface area (Å²) in [5, 5.41) is 6.04. The number of rotatable bonds is 4. The number of nitrogens with zero attached hydrogens (tertiary/aromatic N) is 4. The number of hydrogen-bond acceptors (Lipinski definition) is 5. The van der Waals surface area contributed by atoms with Gasteiger partial charge in [0.25, 0.3) is 11.5 Å². The summed E-state index contributed by atoms with van der Waals surface area (Å²) in [6.07, 6.45) is 4.49. The topological polar surface area (TPSA) is 83.5 Å². The molecule has 8 nitrogen and oxygen atoms in total. The molecule has 2 aromatic heterocycles. The average molecular weight is 502 g/mol. The van der Waals surface area contributed by atoms with Crippen LogP contribution in [0.15, 0.2) is 23.1 Å². The Bertz CT molecular complexity index is 1280. The smallest absolute Gasteiger partial charge is 0.259 e. The van der Waals surface area contributed by atoms with E-state index in [4.69, 9.17) is 4.74 Å². The molecule has 0 saturated carbocycles. The van der Waals surface area contributed by atoms with Gasteiger partial charge in [-0.1, -0.05) is 6.92 Å². The minimum atomic E-state index is -0.145. The minimum Gasteiger partial charge on any atom is -0.381 e. The van der Waals surface area contributed by atoms with E-state index in [0.717, 1.165) is 60.9 Å². The van der Waals surface area contributed by atoms with E-state index in [2.05, 4.69) is 35.8 Å². The lowest BCUT2D eigenvalue weighted by Crippen LogP contribution is -2.58. The van der Waals surface area contributed by atoms with Crippen molar-refractivity contribution in [1.29, 1.82) is 0 Å². The number of H-pyrrole nitrogens is 1. The monoisotopic (exact) mass is 501 g/mol. The highest BCUT2D eigenvalue weighted by atomic mass is 35.5. The van der Waals surface area contributed by atoms with Gasteiger partial charge in [-0.3, -0.25) is 19.2 Å². The molecular formula is C26H36ClN5O3. The van der Waals surface area contributed by atoms with E-state index in [1.165, 1.54) is 0 Å². The number of ether oxygens (including phenoxy) is 1. The van der Waals surface area contributed by atoms with Crippen molar-refractivity contribution in [3.05, 3.63) is 39.8 Å². The average Bonchev–Trinajstić information content (AvgIpc) is 3.27. The Kier molecular flexibility index (Phi) is 7.54. The van der Waals surface area contributed by atoms with E-state index < -0.39 is 0 Å². The van der Waals surface area contributed by atoms with Gasteiger partial charge in [0.1, 0.15) is 0 Å². The predicted molar refractivity (Wildman–Crippen MR) is 141 cm³/mol. The van der Waals surface area contributed by atoms with E-state index in [9.17, 15) is 9.59 Å². The summed E-state index contributed by atoms with van der Waals surface area (Å²) >= 11 is 0. The number of carbonyl (C=O) groups is 1. The molecule has 2 aliphatic heterocycles. The SMILES string of the molecule is CCCN1C[C@H](C)N(C(=O)c2cc3c(cc2C)[nH]c(=O)c2cnn(C4CCOCC4)c23)C[C@H]1C.Cl. The van der Waals surface area contributed by atoms with E-state index in [-0.39, 0.29) is 36.0 Å². The van der Waals surface area contributed by atoms with Crippen molar-refractivity contribution in [1.82, 2.24) is 24.6 Å². The van der Waals surface area contributed by atoms with Gasteiger partial charge in [-0.15, -0.1) is 12.4 Å². The largest absolute Gasteiger partial charge is 0.381 e. The van der Waals surface area contributed by atoms with Crippen LogP contribution in [0, 0.1) is 6.92 Å². The van der Waals surface area contributed by atoms with Gasteiger partial charge < -0.3 is 14.6 Å². The Morgan fingerprint density at radius 3 is 2.60 bits per heavy atom. The Balaban J connectivity index is 0.00000289. The van der Waals surface area contributed by atoms with Gasteiger partial charge in [0.05, 0.1) is 28.7 Å². The van der Waals surface area contributed by atoms with E-state index >= 15 is 0 Å². The van der Waals surface area contributed by atoms with E-state index in [0.29, 0.717) is 30.2 Å². The van der Waals surface area contributed by atoms with E-state index in [1.54, 1.807) is 6.20 Å². The van der Waals surface area contributed by atoms with Crippen molar-refractivity contribution in [3.8, 4) is 0 Å². The maximum atomic E-state index is 13.8. The number of carbonyl (C=O) groups excluding carboxylic acids is 1. The first-order valence-corrected chi connectivity index (χ1v) is 12.6. The van der Waals surface area contributed by atoms with Gasteiger partial charge in [0, 0.05) is 49.3 Å². The van der Waals surface area contributed by atoms with Crippen LogP contribution in [-0.2, 0) is 4.74 Å². The van der Waals surface area contributed by atoms with Gasteiger partial charge in [-0.05, 0) is 64.3 Å². The first kappa shape index (κ1) is 25.7. The lowest BCUT2D eigenvalue weighted by Gasteiger charge is -2.44. The molecule has 2 atom stereocenters. The molecule has 5 rings (SSSR count). The number of amides is 1. The molecule has 1 amide bonds. The molecule has 0 radical (unpaired) electrons. The van der Waals surface area contributed by atoms with E-state index in [1.807, 2.05) is 28.6 Å². The summed E-state index contributed by atoms with van der Waals surface area (Å²) in [5.74, 6) is 0.0615. The van der Waals surface area contributed by atoms with Crippen LogP contribution >= 0.6 is 12.4 Å². The highest BCUT2D eigenvalue weighted by Gasteiger charge is 2.33. The fraction of sp³-hybridized carbons (Fsp3) is 0.577. The quantitative estimate of drug-likeness (QED) is 0.586. The standard InChI is InChI=1S/C26H35N5O3.ClH/c1-5-8-29-14-18(4)30(15-17(29)3)26(33)20-12-21-23(11-16(20)2)28-25(32)22-13-27-31(24(21)22)19-6-9-34-10-7-19;/h11-13,17-19H,5-10,14-15H2,1-4H3,(H,28,32);1H/t17-,18+;/m1./s1. The molecule has 0 bridgehead atoms. The van der Waals surface area contributed by atoms with Crippen LogP contribution in [0.5, 0.6) is 0 Å². The third kappa shape index (κ3) is 4.59. The molecule has 0 aliphatic carbocycles. The number of piperazine rings is 1. The second-order valence-corrected chi connectivity index (χ2v) is 10.0. The van der Waals surface area contributed by atoms with Crippen LogP contribution in [0.1, 0.15) is 62.0 Å². The zero-order valence-corrected chi connectivity index (χ0v) is 21.9. The normalized spacial score (nSPS) is 22.0. The molecule has 0 spiro atoms. The lowest BCUT2D eigenvalue weighted by atomic mass is 10.00. The Morgan fingerprint density at radius 2 is 1.89 bits per heavy atom. The van der Waals surface area contributed by atoms with Crippen LogP contribution in [-0.4, -0.2) is 75.4 Å². The van der Waals surface area contributed by atoms with Crippen molar-refractivity contribution >= 4 is 40.1 Å². The Hall–Kier alpha value is -2.42. The maximum absolute atomic E-state index is 13.8. The van der Waals surface area contributed by atoms with Crippen molar-refractivity contribution in [2.45, 2.75) is 65.1 Å². The van der Waals surface area contributed by atoms with Crippen molar-refractivity contribution in [2.75, 3.05) is 32.8 Å². The Morgan fingerprint density at radius 1 is 1.14 bits per heavy atom. The third-order valence-electron chi connectivity index (χ3n) is 7.56. The van der Waals surface area contributed by atoms with Crippen molar-refractivity contribution < 1.29 is 9.53 Å². The summed E-state index contributed by atoms with van der Waals surface area (Å²) in [7, 11) is 0. The number of halogens is 1. The molecule has 35 heavy (non-hydrogen) atoms. The predicted octanol–water partition coefficient (Wildman–Crippen LogP) is 3.90. The molecule has 9 heteroatoms. The summed E-state index contributed by atoms with van der Waals surface area (Å²) in [5.41, 5.74) is 2.99. The van der Waals surface area contributed by atoms with Gasteiger partial charge in [0.2, 0.25) is 0 Å². The number of benzene rings is 1. The highest BCUT2D eigenvalue weighted by molar-refractivity contribution is 6.07. The summed E-state index contributed by atoms with van der Waals surface area (Å²) < 4.78 is 7.51. The zero-order valence-electron chi connectivity index (χ0n) is 21.0. The summed E-state index contributed by atoms with van der Waals surface area (Å²) in [6, 6.07) is 4.57. The van der Waals surface area contributed by atoms with Gasteiger partial charge in [-0.25, -0.2) is 0 Å². The lowest BCUT2D eigenvalue weighted by molar-refractivity contribution is 0.0318. The molecule has 3 aromatic rings. The fourth-order valence-corrected chi connectivity index (χ4v) is 5.67. The number of hydrogen-bond donors (Lipinski definition) is 1. The number of pyridine rings is 1. The van der Waals surface area contributed by atoms with Gasteiger partial charge in [-0.2, -0.15) is 5.10 Å². The second-order valence-electron chi connectivity index (χ2n) is 10.0. The van der Waals surface area contributed by atoms with Crippen LogP contribution in [0.25, 0.3) is 21.8 Å². The molecule has 1 N–H and O–H groups in total. The Labute approximate surface area is 212 Å². The molecule has 4 heterocycles. The zero-order chi connectivity index (χ0) is 24.0. The molecule has 2 aliphatic rings. The number of aromatic amines is 1. The van der Waals surface area contributed by atoms with Crippen molar-refractivity contribution in [2.24, 2.45) is 0 Å². The third-order valence-corrected chi connectivity index (χ3v) is 7.56. The molecular weight excluding hydrogens is 466 g/mol. The van der Waals surface area contributed by atoms with Crippen LogP contribution in [0.4, 0.5) is 0 Å².